The molecule has 8 rings (SSSR count). The van der Waals surface area contributed by atoms with Gasteiger partial charge in [0.15, 0.2) is 0 Å². The first-order valence-electron chi connectivity index (χ1n) is 16.3. The first kappa shape index (κ1) is 30.7. The highest BCUT2D eigenvalue weighted by Crippen LogP contribution is 2.30. The van der Waals surface area contributed by atoms with E-state index in [4.69, 9.17) is 0 Å². The molecule has 1 unspecified atom stereocenters. The van der Waals surface area contributed by atoms with Crippen LogP contribution in [-0.2, 0) is 16.1 Å². The number of rotatable bonds is 10. The molecule has 0 saturated heterocycles. The number of aromatic amines is 1. The number of para-hydroxylation sites is 2. The lowest BCUT2D eigenvalue weighted by Crippen LogP contribution is -2.50. The predicted octanol–water partition coefficient (Wildman–Crippen LogP) is 4.55. The largest absolute Gasteiger partial charge is 0.349 e. The number of aromatic nitrogens is 7. The number of H-pyrrole nitrogens is 1. The summed E-state index contributed by atoms with van der Waals surface area (Å²) in [5.74, 6) is -0.861. The number of benzene rings is 3. The summed E-state index contributed by atoms with van der Waals surface area (Å²) in [7, 11) is 0. The number of hydrogen-bond donors (Lipinski definition) is 4. The second kappa shape index (κ2) is 13.1. The van der Waals surface area contributed by atoms with E-state index in [2.05, 4.69) is 70.3 Å². The Kier molecular flexibility index (Phi) is 8.05. The van der Waals surface area contributed by atoms with Gasteiger partial charge in [0.05, 0.1) is 36.4 Å². The molecule has 1 saturated carbocycles. The van der Waals surface area contributed by atoms with Gasteiger partial charge in [-0.25, -0.2) is 4.68 Å². The molecule has 248 valence electrons. The van der Waals surface area contributed by atoms with Crippen LogP contribution in [0.5, 0.6) is 0 Å². The van der Waals surface area contributed by atoms with Crippen LogP contribution in [0.15, 0.2) is 116 Å². The van der Waals surface area contributed by atoms with E-state index in [9.17, 15) is 14.4 Å². The van der Waals surface area contributed by atoms with Crippen molar-refractivity contribution in [3.8, 4) is 5.69 Å². The molecule has 50 heavy (non-hydrogen) atoms. The van der Waals surface area contributed by atoms with Crippen molar-refractivity contribution < 1.29 is 14.4 Å². The Morgan fingerprint density at radius 2 is 1.60 bits per heavy atom. The second-order valence-corrected chi connectivity index (χ2v) is 12.4. The van der Waals surface area contributed by atoms with Crippen LogP contribution < -0.4 is 16.0 Å². The van der Waals surface area contributed by atoms with E-state index in [1.54, 1.807) is 35.1 Å². The van der Waals surface area contributed by atoms with Gasteiger partial charge in [-0.05, 0) is 36.6 Å². The number of anilines is 1. The van der Waals surface area contributed by atoms with Gasteiger partial charge < -0.3 is 20.5 Å². The Bertz CT molecular complexity index is 2270. The Balaban J connectivity index is 0.896. The summed E-state index contributed by atoms with van der Waals surface area (Å²) in [5.41, 5.74) is 4.62. The molecule has 7 aromatic rings. The monoisotopic (exact) mass is 664 g/mol. The lowest BCUT2D eigenvalue weighted by Gasteiger charge is -2.35. The fourth-order valence-corrected chi connectivity index (χ4v) is 6.46. The molecule has 13 nitrogen and oxygen atoms in total. The highest BCUT2D eigenvalue weighted by molar-refractivity contribution is 6.08. The lowest BCUT2D eigenvalue weighted by molar-refractivity contribution is -0.131. The first-order chi connectivity index (χ1) is 24.5. The molecular weight excluding hydrogens is 632 g/mol. The highest BCUT2D eigenvalue weighted by Gasteiger charge is 2.37. The van der Waals surface area contributed by atoms with Crippen LogP contribution in [-0.4, -0.2) is 58.5 Å². The fraction of sp³-hybridized carbons (Fsp3) is 0.162. The molecule has 0 aliphatic heterocycles. The predicted molar refractivity (Wildman–Crippen MR) is 186 cm³/mol. The van der Waals surface area contributed by atoms with Crippen LogP contribution in [0, 0.1) is 5.92 Å². The molecule has 0 spiro atoms. The van der Waals surface area contributed by atoms with Gasteiger partial charge in [-0.15, -0.1) is 5.10 Å². The minimum Gasteiger partial charge on any atom is -0.349 e. The number of hydrogen-bond acceptors (Lipinski definition) is 7. The molecule has 4 aromatic heterocycles. The molecule has 4 heterocycles. The summed E-state index contributed by atoms with van der Waals surface area (Å²) in [6.07, 6.45) is 7.40. The van der Waals surface area contributed by atoms with E-state index in [1.165, 1.54) is 23.2 Å². The van der Waals surface area contributed by atoms with E-state index >= 15 is 0 Å². The number of amides is 3. The summed E-state index contributed by atoms with van der Waals surface area (Å²) in [5, 5.41) is 26.3. The zero-order valence-electron chi connectivity index (χ0n) is 26.7. The Hall–Kier alpha value is -6.63. The average Bonchev–Trinajstić information content (AvgIpc) is 3.90. The van der Waals surface area contributed by atoms with E-state index in [0.29, 0.717) is 42.0 Å². The van der Waals surface area contributed by atoms with Crippen molar-refractivity contribution in [3.63, 3.8) is 0 Å². The van der Waals surface area contributed by atoms with Crippen LogP contribution >= 0.6 is 0 Å². The summed E-state index contributed by atoms with van der Waals surface area (Å²) < 4.78 is 3.84. The first-order valence-corrected chi connectivity index (χ1v) is 16.3. The van der Waals surface area contributed by atoms with Crippen molar-refractivity contribution in [2.75, 3.05) is 5.32 Å². The quantitative estimate of drug-likeness (QED) is 0.167. The Morgan fingerprint density at radius 3 is 2.32 bits per heavy atom. The molecule has 3 amide bonds. The van der Waals surface area contributed by atoms with Crippen LogP contribution in [0.2, 0.25) is 0 Å². The van der Waals surface area contributed by atoms with Gasteiger partial charge in [0.25, 0.3) is 11.8 Å². The third kappa shape index (κ3) is 6.07. The Morgan fingerprint density at radius 1 is 0.880 bits per heavy atom. The summed E-state index contributed by atoms with van der Waals surface area (Å²) in [6, 6.07) is 27.9. The van der Waals surface area contributed by atoms with Crippen molar-refractivity contribution in [3.05, 3.63) is 133 Å². The standard InChI is InChI=1S/C37H32N10O3/c48-35(42-34(23-8-2-1-3-9-23)37(50)41-33-14-15-39-44-33)24-16-26(17-24)40-36(49)25-18-28(20-38-19-25)47-22-27(43-45-47)21-46-31-12-6-4-10-29(31)30-11-5-7-13-32(30)46/h1-15,18-20,22,24,26,34H,16-17,21H2,(H,40,49)(H,42,48)(H2,39,41,44,50). The second-order valence-electron chi connectivity index (χ2n) is 12.4. The number of pyridine rings is 1. The van der Waals surface area contributed by atoms with Crippen molar-refractivity contribution >= 4 is 45.3 Å². The van der Waals surface area contributed by atoms with Gasteiger partial charge in [-0.1, -0.05) is 71.9 Å². The van der Waals surface area contributed by atoms with Crippen molar-refractivity contribution in [1.82, 2.24) is 45.4 Å². The fourth-order valence-electron chi connectivity index (χ4n) is 6.46. The summed E-state index contributed by atoms with van der Waals surface area (Å²) >= 11 is 0. The zero-order chi connectivity index (χ0) is 34.0. The number of carbonyl (C=O) groups excluding carboxylic acids is 3. The molecule has 3 aromatic carbocycles. The van der Waals surface area contributed by atoms with Crippen molar-refractivity contribution in [1.29, 1.82) is 0 Å². The maximum absolute atomic E-state index is 13.2. The lowest BCUT2D eigenvalue weighted by atomic mass is 9.79. The third-order valence-electron chi connectivity index (χ3n) is 9.08. The highest BCUT2D eigenvalue weighted by atomic mass is 16.2. The maximum Gasteiger partial charge on any atom is 0.253 e. The minimum absolute atomic E-state index is 0.194. The molecule has 13 heteroatoms. The number of fused-ring (bicyclic) bond motifs is 3. The van der Waals surface area contributed by atoms with E-state index in [-0.39, 0.29) is 23.8 Å². The summed E-state index contributed by atoms with van der Waals surface area (Å²) in [6.45, 7) is 0.527. The molecule has 1 aliphatic rings. The molecule has 1 aliphatic carbocycles. The third-order valence-corrected chi connectivity index (χ3v) is 9.08. The van der Waals surface area contributed by atoms with E-state index in [0.717, 1.165) is 16.7 Å². The number of nitrogens with one attached hydrogen (secondary N) is 4. The molecule has 4 N–H and O–H groups in total. The van der Waals surface area contributed by atoms with Gasteiger partial charge in [0.1, 0.15) is 17.6 Å². The molecule has 1 atom stereocenters. The van der Waals surface area contributed by atoms with Crippen molar-refractivity contribution in [2.24, 2.45) is 5.92 Å². The van der Waals surface area contributed by atoms with Gasteiger partial charge in [0.2, 0.25) is 5.91 Å². The van der Waals surface area contributed by atoms with Crippen LogP contribution in [0.3, 0.4) is 0 Å². The SMILES string of the molecule is O=C(NC1CC(C(=O)NC(C(=O)Nc2ccn[nH]2)c2ccccc2)C1)c1cncc(-n2cc(Cn3c4ccccc4c4ccccc43)nn2)c1. The van der Waals surface area contributed by atoms with Gasteiger partial charge in [0, 0.05) is 46.0 Å². The Labute approximate surface area is 285 Å². The van der Waals surface area contributed by atoms with Gasteiger partial charge in [-0.3, -0.25) is 24.5 Å². The van der Waals surface area contributed by atoms with Crippen molar-refractivity contribution in [2.45, 2.75) is 31.5 Å². The van der Waals surface area contributed by atoms with Gasteiger partial charge >= 0.3 is 0 Å². The topological polar surface area (TPSA) is 165 Å². The number of nitrogens with zero attached hydrogens (tertiary/aromatic N) is 6. The van der Waals surface area contributed by atoms with E-state index in [1.807, 2.05) is 48.7 Å². The molecular formula is C37H32N10O3. The van der Waals surface area contributed by atoms with E-state index < -0.39 is 11.9 Å². The molecule has 1 fully saturated rings. The van der Waals surface area contributed by atoms with Crippen LogP contribution in [0.25, 0.3) is 27.5 Å². The average molecular weight is 665 g/mol. The van der Waals surface area contributed by atoms with Crippen LogP contribution in [0.1, 0.15) is 40.5 Å². The maximum atomic E-state index is 13.2. The molecule has 0 radical (unpaired) electrons. The summed E-state index contributed by atoms with van der Waals surface area (Å²) in [4.78, 5) is 43.8. The number of carbonyl (C=O) groups is 3. The zero-order valence-corrected chi connectivity index (χ0v) is 26.7. The van der Waals surface area contributed by atoms with Gasteiger partial charge in [-0.2, -0.15) is 5.10 Å². The smallest absolute Gasteiger partial charge is 0.253 e. The van der Waals surface area contributed by atoms with Crippen LogP contribution in [0.4, 0.5) is 5.82 Å². The minimum atomic E-state index is -0.895. The normalized spacial score (nSPS) is 16.1. The molecule has 0 bridgehead atoms.